The molecule has 0 aromatic heterocycles. The van der Waals surface area contributed by atoms with Gasteiger partial charge < -0.3 is 5.11 Å². The molecule has 0 radical (unpaired) electrons. The van der Waals surface area contributed by atoms with Crippen molar-refractivity contribution >= 4 is 22.1 Å². The van der Waals surface area contributed by atoms with Gasteiger partial charge in [-0.25, -0.2) is 17.9 Å². The lowest BCUT2D eigenvalue weighted by atomic mass is 10.1. The summed E-state index contributed by atoms with van der Waals surface area (Å²) in [6, 6.07) is 7.04. The van der Waals surface area contributed by atoms with E-state index >= 15 is 0 Å². The largest absolute Gasteiger partial charge is 0.478 e. The molecule has 1 aromatic rings. The van der Waals surface area contributed by atoms with Crippen molar-refractivity contribution < 1.29 is 18.3 Å². The van der Waals surface area contributed by atoms with Crippen LogP contribution in [0.25, 0.3) is 6.08 Å². The zero-order chi connectivity index (χ0) is 14.3. The van der Waals surface area contributed by atoms with Gasteiger partial charge in [-0.15, -0.1) is 0 Å². The fourth-order valence-corrected chi connectivity index (χ4v) is 2.58. The number of carboxylic acid groups (broad SMARTS) is 1. The number of hydrogen-bond acceptors (Lipinski definition) is 3. The van der Waals surface area contributed by atoms with Crippen LogP contribution in [0.4, 0.5) is 0 Å². The van der Waals surface area contributed by atoms with Crippen molar-refractivity contribution in [2.75, 3.05) is 5.75 Å². The number of nitrogens with one attached hydrogen (secondary N) is 1. The molecule has 0 saturated carbocycles. The molecule has 19 heavy (non-hydrogen) atoms. The maximum atomic E-state index is 11.5. The quantitative estimate of drug-likeness (QED) is 0.745. The van der Waals surface area contributed by atoms with Crippen LogP contribution in [0.3, 0.4) is 0 Å². The fourth-order valence-electron chi connectivity index (χ4n) is 1.51. The van der Waals surface area contributed by atoms with Crippen molar-refractivity contribution in [1.29, 1.82) is 0 Å². The van der Waals surface area contributed by atoms with E-state index in [1.54, 1.807) is 31.2 Å². The van der Waals surface area contributed by atoms with Gasteiger partial charge in [-0.05, 0) is 23.6 Å². The van der Waals surface area contributed by atoms with Gasteiger partial charge in [0.15, 0.2) is 0 Å². The van der Waals surface area contributed by atoms with Crippen molar-refractivity contribution in [3.8, 4) is 0 Å². The smallest absolute Gasteiger partial charge is 0.328 e. The zero-order valence-electron chi connectivity index (χ0n) is 10.7. The standard InChI is InChI=1S/C13H17NO4S/c1-2-8-19(17,18)14-10-12-5-3-4-11(9-12)6-7-13(15)16/h3-7,9,14H,2,8,10H2,1H3,(H,15,16)/b7-6+. The van der Waals surface area contributed by atoms with Gasteiger partial charge in [0.25, 0.3) is 0 Å². The van der Waals surface area contributed by atoms with E-state index in [4.69, 9.17) is 5.11 Å². The molecule has 104 valence electrons. The minimum atomic E-state index is -3.23. The molecule has 5 nitrogen and oxygen atoms in total. The highest BCUT2D eigenvalue weighted by Crippen LogP contribution is 2.07. The van der Waals surface area contributed by atoms with Gasteiger partial charge in [0.05, 0.1) is 5.75 Å². The Kier molecular flexibility index (Phi) is 5.72. The monoisotopic (exact) mass is 283 g/mol. The van der Waals surface area contributed by atoms with Gasteiger partial charge in [0, 0.05) is 12.6 Å². The Labute approximate surface area is 113 Å². The van der Waals surface area contributed by atoms with Crippen molar-refractivity contribution in [2.45, 2.75) is 19.9 Å². The number of sulfonamides is 1. The van der Waals surface area contributed by atoms with Crippen LogP contribution in [0.1, 0.15) is 24.5 Å². The number of benzene rings is 1. The van der Waals surface area contributed by atoms with Gasteiger partial charge in [-0.2, -0.15) is 0 Å². The molecule has 0 saturated heterocycles. The van der Waals surface area contributed by atoms with E-state index in [-0.39, 0.29) is 12.3 Å². The molecule has 0 heterocycles. The molecular formula is C13H17NO4S. The number of hydrogen-bond donors (Lipinski definition) is 2. The third-order valence-corrected chi connectivity index (χ3v) is 3.87. The number of carbonyl (C=O) groups is 1. The lowest BCUT2D eigenvalue weighted by molar-refractivity contribution is -0.131. The summed E-state index contributed by atoms with van der Waals surface area (Å²) in [5, 5.41) is 8.53. The first-order valence-electron chi connectivity index (χ1n) is 5.90. The maximum absolute atomic E-state index is 11.5. The Balaban J connectivity index is 2.70. The summed E-state index contributed by atoms with van der Waals surface area (Å²) in [5.41, 5.74) is 1.50. The predicted molar refractivity (Wildman–Crippen MR) is 74.0 cm³/mol. The average molecular weight is 283 g/mol. The highest BCUT2D eigenvalue weighted by Gasteiger charge is 2.07. The van der Waals surface area contributed by atoms with E-state index in [0.29, 0.717) is 6.42 Å². The van der Waals surface area contributed by atoms with E-state index in [1.807, 2.05) is 0 Å². The molecule has 0 atom stereocenters. The first-order chi connectivity index (χ1) is 8.93. The highest BCUT2D eigenvalue weighted by molar-refractivity contribution is 7.89. The van der Waals surface area contributed by atoms with Crippen LogP contribution in [0.2, 0.25) is 0 Å². The third-order valence-electron chi connectivity index (χ3n) is 2.34. The summed E-state index contributed by atoms with van der Waals surface area (Å²) < 4.78 is 25.5. The molecule has 0 aliphatic heterocycles. The molecule has 1 aromatic carbocycles. The number of aliphatic carboxylic acids is 1. The molecule has 6 heteroatoms. The van der Waals surface area contributed by atoms with Crippen LogP contribution in [-0.2, 0) is 21.4 Å². The Morgan fingerprint density at radius 2 is 2.16 bits per heavy atom. The summed E-state index contributed by atoms with van der Waals surface area (Å²) in [6.45, 7) is 2.01. The maximum Gasteiger partial charge on any atom is 0.328 e. The number of carboxylic acids is 1. The van der Waals surface area contributed by atoms with Crippen molar-refractivity contribution in [3.63, 3.8) is 0 Å². The molecule has 0 spiro atoms. The Morgan fingerprint density at radius 3 is 2.79 bits per heavy atom. The van der Waals surface area contributed by atoms with Crippen LogP contribution < -0.4 is 4.72 Å². The molecule has 0 fully saturated rings. The zero-order valence-corrected chi connectivity index (χ0v) is 11.5. The number of rotatable bonds is 7. The lowest BCUT2D eigenvalue weighted by Crippen LogP contribution is -2.25. The van der Waals surface area contributed by atoms with E-state index < -0.39 is 16.0 Å². The molecule has 0 unspecified atom stereocenters. The third kappa shape index (κ3) is 6.17. The molecular weight excluding hydrogens is 266 g/mol. The van der Waals surface area contributed by atoms with Crippen LogP contribution in [0, 0.1) is 0 Å². The highest BCUT2D eigenvalue weighted by atomic mass is 32.2. The Morgan fingerprint density at radius 1 is 1.42 bits per heavy atom. The fraction of sp³-hybridized carbons (Fsp3) is 0.308. The summed E-state index contributed by atoms with van der Waals surface area (Å²) in [5.74, 6) is -0.917. The Hall–Kier alpha value is -1.66. The topological polar surface area (TPSA) is 83.5 Å². The first-order valence-corrected chi connectivity index (χ1v) is 7.55. The van der Waals surface area contributed by atoms with E-state index in [0.717, 1.165) is 17.2 Å². The van der Waals surface area contributed by atoms with Crippen LogP contribution in [-0.4, -0.2) is 25.2 Å². The van der Waals surface area contributed by atoms with E-state index in [2.05, 4.69) is 4.72 Å². The van der Waals surface area contributed by atoms with E-state index in [9.17, 15) is 13.2 Å². The normalized spacial score (nSPS) is 11.8. The second kappa shape index (κ2) is 7.06. The van der Waals surface area contributed by atoms with Gasteiger partial charge >= 0.3 is 5.97 Å². The van der Waals surface area contributed by atoms with Crippen molar-refractivity contribution in [3.05, 3.63) is 41.5 Å². The van der Waals surface area contributed by atoms with Crippen LogP contribution in [0.15, 0.2) is 30.3 Å². The molecule has 0 aliphatic rings. The van der Waals surface area contributed by atoms with Crippen molar-refractivity contribution in [1.82, 2.24) is 4.72 Å². The minimum Gasteiger partial charge on any atom is -0.478 e. The minimum absolute atomic E-state index is 0.103. The SMILES string of the molecule is CCCS(=O)(=O)NCc1cccc(/C=C/C(=O)O)c1. The summed E-state index contributed by atoms with van der Waals surface area (Å²) in [7, 11) is -3.23. The van der Waals surface area contributed by atoms with Gasteiger partial charge in [0.2, 0.25) is 10.0 Å². The van der Waals surface area contributed by atoms with Gasteiger partial charge in [0.1, 0.15) is 0 Å². The molecule has 0 aliphatic carbocycles. The molecule has 1 rings (SSSR count). The molecule has 0 bridgehead atoms. The first kappa shape index (κ1) is 15.4. The molecule has 2 N–H and O–H groups in total. The van der Waals surface area contributed by atoms with Gasteiger partial charge in [-0.1, -0.05) is 31.2 Å². The van der Waals surface area contributed by atoms with Gasteiger partial charge in [-0.3, -0.25) is 0 Å². The molecule has 0 amide bonds. The predicted octanol–water partition coefficient (Wildman–Crippen LogP) is 1.61. The second-order valence-electron chi connectivity index (χ2n) is 4.06. The van der Waals surface area contributed by atoms with Crippen LogP contribution >= 0.6 is 0 Å². The van der Waals surface area contributed by atoms with E-state index in [1.165, 1.54) is 6.08 Å². The summed E-state index contributed by atoms with van der Waals surface area (Å²) in [6.07, 6.45) is 3.07. The summed E-state index contributed by atoms with van der Waals surface area (Å²) in [4.78, 5) is 10.4. The Bertz CT molecular complexity index is 564. The second-order valence-corrected chi connectivity index (χ2v) is 5.98. The lowest BCUT2D eigenvalue weighted by Gasteiger charge is -2.06. The van der Waals surface area contributed by atoms with Crippen molar-refractivity contribution in [2.24, 2.45) is 0 Å². The van der Waals surface area contributed by atoms with Crippen LogP contribution in [0.5, 0.6) is 0 Å². The average Bonchev–Trinajstić information content (AvgIpc) is 2.35. The summed E-state index contributed by atoms with van der Waals surface area (Å²) >= 11 is 0.